The number of carbonyl (C=O) groups excluding carboxylic acids is 1. The first-order valence-corrected chi connectivity index (χ1v) is 6.16. The summed E-state index contributed by atoms with van der Waals surface area (Å²) in [6.45, 7) is 1.42. The standard InChI is InChI=1S/C11H10BrClFNO/c12-8-2-1-7(10(14)9(8)13)11(16)6-3-4-15-5-6/h1-2,6,15H,3-5H2. The van der Waals surface area contributed by atoms with E-state index in [0.29, 0.717) is 11.0 Å². The molecule has 5 heteroatoms. The summed E-state index contributed by atoms with van der Waals surface area (Å²) in [6.07, 6.45) is 0.756. The van der Waals surface area contributed by atoms with E-state index in [2.05, 4.69) is 21.2 Å². The van der Waals surface area contributed by atoms with Crippen molar-refractivity contribution in [2.24, 2.45) is 5.92 Å². The van der Waals surface area contributed by atoms with Gasteiger partial charge in [0.05, 0.1) is 10.6 Å². The second kappa shape index (κ2) is 4.82. The molecule has 1 atom stereocenters. The highest BCUT2D eigenvalue weighted by Crippen LogP contribution is 2.29. The average Bonchev–Trinajstić information content (AvgIpc) is 2.79. The fraction of sp³-hybridized carbons (Fsp3) is 0.364. The average molecular weight is 307 g/mol. The van der Waals surface area contributed by atoms with Crippen molar-refractivity contribution in [1.29, 1.82) is 0 Å². The quantitative estimate of drug-likeness (QED) is 0.672. The van der Waals surface area contributed by atoms with Gasteiger partial charge in [-0.3, -0.25) is 4.79 Å². The van der Waals surface area contributed by atoms with Gasteiger partial charge in [-0.2, -0.15) is 0 Å². The van der Waals surface area contributed by atoms with Crippen LogP contribution in [-0.4, -0.2) is 18.9 Å². The molecule has 0 spiro atoms. The molecule has 86 valence electrons. The SMILES string of the molecule is O=C(c1ccc(Br)c(Cl)c1F)C1CCNC1. The Hall–Kier alpha value is -0.450. The summed E-state index contributed by atoms with van der Waals surface area (Å²) in [4.78, 5) is 12.0. The van der Waals surface area contributed by atoms with Crippen LogP contribution in [0.15, 0.2) is 16.6 Å². The maximum absolute atomic E-state index is 13.8. The van der Waals surface area contributed by atoms with E-state index in [9.17, 15) is 9.18 Å². The van der Waals surface area contributed by atoms with Crippen LogP contribution in [-0.2, 0) is 0 Å². The van der Waals surface area contributed by atoms with Gasteiger partial charge in [0.25, 0.3) is 0 Å². The van der Waals surface area contributed by atoms with Gasteiger partial charge >= 0.3 is 0 Å². The Balaban J connectivity index is 2.33. The topological polar surface area (TPSA) is 29.1 Å². The molecule has 1 saturated heterocycles. The van der Waals surface area contributed by atoms with Crippen LogP contribution in [0.3, 0.4) is 0 Å². The van der Waals surface area contributed by atoms with Crippen molar-refractivity contribution in [3.05, 3.63) is 33.0 Å². The van der Waals surface area contributed by atoms with Crippen LogP contribution in [0.25, 0.3) is 0 Å². The van der Waals surface area contributed by atoms with Crippen molar-refractivity contribution in [2.75, 3.05) is 13.1 Å². The molecule has 0 radical (unpaired) electrons. The normalized spacial score (nSPS) is 20.1. The van der Waals surface area contributed by atoms with Gasteiger partial charge < -0.3 is 5.32 Å². The van der Waals surface area contributed by atoms with Crippen molar-refractivity contribution in [3.63, 3.8) is 0 Å². The lowest BCUT2D eigenvalue weighted by atomic mass is 9.96. The highest BCUT2D eigenvalue weighted by Gasteiger charge is 2.26. The second-order valence-electron chi connectivity index (χ2n) is 3.78. The predicted octanol–water partition coefficient (Wildman–Crippen LogP) is 3.03. The molecule has 0 aliphatic carbocycles. The van der Waals surface area contributed by atoms with Gasteiger partial charge in [0, 0.05) is 16.9 Å². The molecule has 1 aromatic carbocycles. The van der Waals surface area contributed by atoms with Crippen LogP contribution in [0, 0.1) is 11.7 Å². The Morgan fingerprint density at radius 3 is 2.94 bits per heavy atom. The summed E-state index contributed by atoms with van der Waals surface area (Å²) < 4.78 is 14.2. The Labute approximate surface area is 106 Å². The number of carbonyl (C=O) groups is 1. The molecular formula is C11H10BrClFNO. The minimum Gasteiger partial charge on any atom is -0.316 e. The summed E-state index contributed by atoms with van der Waals surface area (Å²) in [6, 6.07) is 3.08. The maximum Gasteiger partial charge on any atom is 0.170 e. The molecule has 0 bridgehead atoms. The van der Waals surface area contributed by atoms with Crippen molar-refractivity contribution in [1.82, 2.24) is 5.32 Å². The number of hydrogen-bond donors (Lipinski definition) is 1. The molecular weight excluding hydrogens is 296 g/mol. The third-order valence-corrected chi connectivity index (χ3v) is 3.99. The van der Waals surface area contributed by atoms with Crippen LogP contribution in [0.1, 0.15) is 16.8 Å². The molecule has 0 saturated carbocycles. The van der Waals surface area contributed by atoms with Crippen LogP contribution < -0.4 is 5.32 Å². The van der Waals surface area contributed by atoms with E-state index in [4.69, 9.17) is 11.6 Å². The number of ketones is 1. The van der Waals surface area contributed by atoms with Crippen LogP contribution in [0.5, 0.6) is 0 Å². The second-order valence-corrected chi connectivity index (χ2v) is 5.01. The number of halogens is 3. The van der Waals surface area contributed by atoms with Crippen LogP contribution in [0.2, 0.25) is 5.02 Å². The van der Waals surface area contributed by atoms with E-state index in [1.54, 1.807) is 6.07 Å². The summed E-state index contributed by atoms with van der Waals surface area (Å²) in [5, 5.41) is 3.05. The minimum absolute atomic E-state index is 0.0307. The zero-order valence-corrected chi connectivity index (χ0v) is 10.7. The number of benzene rings is 1. The molecule has 2 rings (SSSR count). The van der Waals surface area contributed by atoms with Crippen molar-refractivity contribution in [2.45, 2.75) is 6.42 Å². The summed E-state index contributed by atoms with van der Waals surface area (Å²) >= 11 is 8.86. The Morgan fingerprint density at radius 2 is 2.31 bits per heavy atom. The van der Waals surface area contributed by atoms with Crippen LogP contribution in [0.4, 0.5) is 4.39 Å². The predicted molar refractivity (Wildman–Crippen MR) is 64.4 cm³/mol. The number of nitrogens with one attached hydrogen (secondary N) is 1. The molecule has 1 aliphatic heterocycles. The van der Waals surface area contributed by atoms with E-state index in [-0.39, 0.29) is 22.3 Å². The molecule has 0 aromatic heterocycles. The summed E-state index contributed by atoms with van der Waals surface area (Å²) in [5.41, 5.74) is 0.0851. The molecule has 0 amide bonds. The third kappa shape index (κ3) is 2.14. The van der Waals surface area contributed by atoms with Gasteiger partial charge in [-0.05, 0) is 41.0 Å². The molecule has 2 nitrogen and oxygen atoms in total. The highest BCUT2D eigenvalue weighted by atomic mass is 79.9. The van der Waals surface area contributed by atoms with E-state index >= 15 is 0 Å². The Morgan fingerprint density at radius 1 is 1.56 bits per heavy atom. The molecule has 1 N–H and O–H groups in total. The Kier molecular flexibility index (Phi) is 3.62. The smallest absolute Gasteiger partial charge is 0.170 e. The number of hydrogen-bond acceptors (Lipinski definition) is 2. The third-order valence-electron chi connectivity index (χ3n) is 2.73. The van der Waals surface area contributed by atoms with E-state index in [1.807, 2.05) is 0 Å². The van der Waals surface area contributed by atoms with E-state index in [1.165, 1.54) is 6.07 Å². The van der Waals surface area contributed by atoms with Crippen molar-refractivity contribution < 1.29 is 9.18 Å². The molecule has 1 aromatic rings. The largest absolute Gasteiger partial charge is 0.316 e. The highest BCUT2D eigenvalue weighted by molar-refractivity contribution is 9.10. The fourth-order valence-electron chi connectivity index (χ4n) is 1.81. The first kappa shape index (κ1) is 12.0. The lowest BCUT2D eigenvalue weighted by molar-refractivity contribution is 0.0926. The van der Waals surface area contributed by atoms with Crippen molar-refractivity contribution >= 4 is 33.3 Å². The van der Waals surface area contributed by atoms with Gasteiger partial charge in [-0.15, -0.1) is 0 Å². The summed E-state index contributed by atoms with van der Waals surface area (Å²) in [7, 11) is 0. The lowest BCUT2D eigenvalue weighted by Gasteiger charge is -2.09. The summed E-state index contributed by atoms with van der Waals surface area (Å²) in [5.74, 6) is -0.934. The van der Waals surface area contributed by atoms with Gasteiger partial charge in [0.2, 0.25) is 0 Å². The molecule has 1 heterocycles. The minimum atomic E-state index is -0.632. The zero-order chi connectivity index (χ0) is 11.7. The fourth-order valence-corrected chi connectivity index (χ4v) is 2.29. The van der Waals surface area contributed by atoms with E-state index in [0.717, 1.165) is 13.0 Å². The first-order valence-electron chi connectivity index (χ1n) is 4.99. The van der Waals surface area contributed by atoms with Gasteiger partial charge in [0.1, 0.15) is 0 Å². The lowest BCUT2D eigenvalue weighted by Crippen LogP contribution is -2.19. The van der Waals surface area contributed by atoms with Gasteiger partial charge in [-0.1, -0.05) is 11.6 Å². The van der Waals surface area contributed by atoms with E-state index < -0.39 is 5.82 Å². The maximum atomic E-state index is 13.8. The molecule has 1 fully saturated rings. The Bertz CT molecular complexity index is 432. The number of rotatable bonds is 2. The molecule has 16 heavy (non-hydrogen) atoms. The van der Waals surface area contributed by atoms with Gasteiger partial charge in [0.15, 0.2) is 11.6 Å². The monoisotopic (exact) mass is 305 g/mol. The zero-order valence-electron chi connectivity index (χ0n) is 8.40. The molecule has 1 unspecified atom stereocenters. The van der Waals surface area contributed by atoms with Crippen molar-refractivity contribution in [3.8, 4) is 0 Å². The van der Waals surface area contributed by atoms with Crippen LogP contribution >= 0.6 is 27.5 Å². The molecule has 1 aliphatic rings. The number of Topliss-reactive ketones (excluding diaryl/α,β-unsaturated/α-hetero) is 1. The first-order chi connectivity index (χ1) is 7.61. The van der Waals surface area contributed by atoms with Gasteiger partial charge in [-0.25, -0.2) is 4.39 Å².